The van der Waals surface area contributed by atoms with Gasteiger partial charge < -0.3 is 10.2 Å². The molecule has 0 aliphatic carbocycles. The number of benzene rings is 3. The van der Waals surface area contributed by atoms with Gasteiger partial charge in [0.15, 0.2) is 0 Å². The van der Waals surface area contributed by atoms with Gasteiger partial charge in [-0.05, 0) is 61.6 Å². The number of hydrogen-bond acceptors (Lipinski definition) is 4. The number of amides is 1. The molecular weight excluding hydrogens is 469 g/mol. The lowest BCUT2D eigenvalue weighted by Gasteiger charge is -2.15. The molecule has 0 unspecified atom stereocenters. The van der Waals surface area contributed by atoms with Crippen molar-refractivity contribution in [3.63, 3.8) is 0 Å². The molecule has 168 valence electrons. The topological polar surface area (TPSA) is 78.5 Å². The molecule has 0 spiro atoms. The van der Waals surface area contributed by atoms with Crippen LogP contribution in [0.25, 0.3) is 0 Å². The zero-order valence-corrected chi connectivity index (χ0v) is 19.9. The molecule has 9 heteroatoms. The smallest absolute Gasteiger partial charge is 0.261 e. The molecule has 0 aliphatic heterocycles. The fourth-order valence-electron chi connectivity index (χ4n) is 3.08. The van der Waals surface area contributed by atoms with Gasteiger partial charge >= 0.3 is 0 Å². The van der Waals surface area contributed by atoms with E-state index in [0.717, 1.165) is 17.7 Å². The highest BCUT2D eigenvalue weighted by molar-refractivity contribution is 7.92. The number of carbonyl (C=O) groups excluding carboxylic acids is 1. The van der Waals surface area contributed by atoms with E-state index in [2.05, 4.69) is 14.9 Å². The lowest BCUT2D eigenvalue weighted by Crippen LogP contribution is -2.24. The van der Waals surface area contributed by atoms with E-state index in [9.17, 15) is 13.2 Å². The summed E-state index contributed by atoms with van der Waals surface area (Å²) in [5.74, 6) is -0.305. The van der Waals surface area contributed by atoms with Crippen molar-refractivity contribution in [1.29, 1.82) is 0 Å². The number of sulfonamides is 1. The quantitative estimate of drug-likeness (QED) is 0.474. The van der Waals surface area contributed by atoms with Gasteiger partial charge in [0, 0.05) is 24.3 Å². The van der Waals surface area contributed by atoms with Crippen LogP contribution in [0.5, 0.6) is 0 Å². The number of halogens is 2. The van der Waals surface area contributed by atoms with Gasteiger partial charge in [-0.1, -0.05) is 53.5 Å². The molecule has 6 nitrogen and oxygen atoms in total. The van der Waals surface area contributed by atoms with E-state index in [1.165, 1.54) is 24.3 Å². The fraction of sp³-hybridized carbons (Fsp3) is 0.174. The van der Waals surface area contributed by atoms with Gasteiger partial charge in [-0.25, -0.2) is 8.42 Å². The molecule has 3 aromatic rings. The van der Waals surface area contributed by atoms with Crippen LogP contribution < -0.4 is 10.0 Å². The highest BCUT2D eigenvalue weighted by Gasteiger charge is 2.17. The third kappa shape index (κ3) is 6.23. The van der Waals surface area contributed by atoms with E-state index in [0.29, 0.717) is 12.1 Å². The number of hydrogen-bond donors (Lipinski definition) is 2. The average Bonchev–Trinajstić information content (AvgIpc) is 2.74. The van der Waals surface area contributed by atoms with Gasteiger partial charge in [0.05, 0.1) is 14.9 Å². The molecule has 0 saturated heterocycles. The van der Waals surface area contributed by atoms with Gasteiger partial charge in [0.2, 0.25) is 0 Å². The zero-order valence-electron chi connectivity index (χ0n) is 17.6. The molecule has 0 aliphatic rings. The molecule has 3 rings (SSSR count). The standard InChI is InChI=1S/C23H23Cl2N3O3S/c1-28(2)15-18-7-4-3-6-17(18)14-26-23(29)16-8-5-9-19(12-16)27-32(30,31)20-10-11-21(24)22(25)13-20/h3-13,27H,14-15H2,1-2H3,(H,26,29). The largest absolute Gasteiger partial charge is 0.348 e. The van der Waals surface area contributed by atoms with E-state index < -0.39 is 10.0 Å². The second-order valence-corrected chi connectivity index (χ2v) is 9.95. The van der Waals surface area contributed by atoms with E-state index in [-0.39, 0.29) is 26.5 Å². The van der Waals surface area contributed by atoms with E-state index >= 15 is 0 Å². The van der Waals surface area contributed by atoms with Crippen LogP contribution in [-0.4, -0.2) is 33.3 Å². The Morgan fingerprint density at radius 2 is 1.62 bits per heavy atom. The Hall–Kier alpha value is -2.58. The van der Waals surface area contributed by atoms with Crippen molar-refractivity contribution in [2.75, 3.05) is 18.8 Å². The molecular formula is C23H23Cl2N3O3S. The predicted octanol–water partition coefficient (Wildman–Crippen LogP) is 4.79. The van der Waals surface area contributed by atoms with Crippen LogP contribution in [0.4, 0.5) is 5.69 Å². The predicted molar refractivity (Wildman–Crippen MR) is 129 cm³/mol. The van der Waals surface area contributed by atoms with Crippen LogP contribution in [0.3, 0.4) is 0 Å². The molecule has 0 heterocycles. The van der Waals surface area contributed by atoms with Crippen LogP contribution in [0, 0.1) is 0 Å². The summed E-state index contributed by atoms with van der Waals surface area (Å²) in [6.07, 6.45) is 0. The van der Waals surface area contributed by atoms with Gasteiger partial charge in [0.25, 0.3) is 15.9 Å². The Morgan fingerprint density at radius 3 is 2.31 bits per heavy atom. The van der Waals surface area contributed by atoms with Gasteiger partial charge in [-0.2, -0.15) is 0 Å². The van der Waals surface area contributed by atoms with Gasteiger partial charge in [-0.15, -0.1) is 0 Å². The number of nitrogens with one attached hydrogen (secondary N) is 2. The first kappa shape index (κ1) is 24.1. The SMILES string of the molecule is CN(C)Cc1ccccc1CNC(=O)c1cccc(NS(=O)(=O)c2ccc(Cl)c(Cl)c2)c1. The molecule has 3 aromatic carbocycles. The summed E-state index contributed by atoms with van der Waals surface area (Å²) in [5, 5.41) is 3.29. The summed E-state index contributed by atoms with van der Waals surface area (Å²) in [5.41, 5.74) is 2.74. The Labute approximate surface area is 198 Å². The summed E-state index contributed by atoms with van der Waals surface area (Å²) < 4.78 is 27.8. The first-order valence-corrected chi connectivity index (χ1v) is 12.0. The lowest BCUT2D eigenvalue weighted by molar-refractivity contribution is 0.0951. The van der Waals surface area contributed by atoms with Crippen LogP contribution in [0.2, 0.25) is 10.0 Å². The summed E-state index contributed by atoms with van der Waals surface area (Å²) in [7, 11) is 0.0751. The first-order chi connectivity index (χ1) is 15.2. The Kier molecular flexibility index (Phi) is 7.79. The summed E-state index contributed by atoms with van der Waals surface area (Å²) in [6, 6.07) is 18.2. The second kappa shape index (κ2) is 10.4. The van der Waals surface area contributed by atoms with Crippen LogP contribution in [-0.2, 0) is 23.1 Å². The molecule has 0 bridgehead atoms. The highest BCUT2D eigenvalue weighted by Crippen LogP contribution is 2.26. The molecule has 0 aromatic heterocycles. The average molecular weight is 492 g/mol. The van der Waals surface area contributed by atoms with Crippen LogP contribution in [0.15, 0.2) is 71.6 Å². The summed E-state index contributed by atoms with van der Waals surface area (Å²) in [4.78, 5) is 14.7. The molecule has 0 radical (unpaired) electrons. The van der Waals surface area contributed by atoms with E-state index in [1.54, 1.807) is 18.2 Å². The van der Waals surface area contributed by atoms with Crippen molar-refractivity contribution < 1.29 is 13.2 Å². The van der Waals surface area contributed by atoms with Gasteiger partial charge in [-0.3, -0.25) is 9.52 Å². The maximum atomic E-state index is 12.7. The molecule has 0 atom stereocenters. The minimum absolute atomic E-state index is 0.0285. The Bertz CT molecular complexity index is 1230. The normalized spacial score (nSPS) is 11.4. The van der Waals surface area contributed by atoms with E-state index in [4.69, 9.17) is 23.2 Å². The third-order valence-corrected chi connectivity index (χ3v) is 6.74. The molecule has 0 saturated carbocycles. The van der Waals surface area contributed by atoms with Crippen LogP contribution in [0.1, 0.15) is 21.5 Å². The summed E-state index contributed by atoms with van der Waals surface area (Å²) in [6.45, 7) is 1.13. The minimum Gasteiger partial charge on any atom is -0.348 e. The molecule has 2 N–H and O–H groups in total. The van der Waals surface area contributed by atoms with Crippen molar-refractivity contribution in [1.82, 2.24) is 10.2 Å². The highest BCUT2D eigenvalue weighted by atomic mass is 35.5. The number of carbonyl (C=O) groups is 1. The molecule has 0 fully saturated rings. The molecule has 1 amide bonds. The van der Waals surface area contributed by atoms with Crippen molar-refractivity contribution in [2.45, 2.75) is 18.0 Å². The second-order valence-electron chi connectivity index (χ2n) is 7.45. The van der Waals surface area contributed by atoms with Crippen molar-refractivity contribution >= 4 is 44.8 Å². The molecule has 32 heavy (non-hydrogen) atoms. The van der Waals surface area contributed by atoms with Crippen LogP contribution >= 0.6 is 23.2 Å². The number of rotatable bonds is 8. The monoisotopic (exact) mass is 491 g/mol. The third-order valence-electron chi connectivity index (χ3n) is 4.62. The number of anilines is 1. The zero-order chi connectivity index (χ0) is 23.3. The Balaban J connectivity index is 1.72. The van der Waals surface area contributed by atoms with Crippen molar-refractivity contribution in [3.8, 4) is 0 Å². The fourth-order valence-corrected chi connectivity index (χ4v) is 4.52. The van der Waals surface area contributed by atoms with E-state index in [1.807, 2.05) is 38.4 Å². The minimum atomic E-state index is -3.90. The maximum absolute atomic E-state index is 12.7. The summed E-state index contributed by atoms with van der Waals surface area (Å²) >= 11 is 11.8. The number of nitrogens with zero attached hydrogens (tertiary/aromatic N) is 1. The maximum Gasteiger partial charge on any atom is 0.261 e. The van der Waals surface area contributed by atoms with Crippen molar-refractivity contribution in [2.24, 2.45) is 0 Å². The van der Waals surface area contributed by atoms with Crippen molar-refractivity contribution in [3.05, 3.63) is 93.5 Å². The Morgan fingerprint density at radius 1 is 0.906 bits per heavy atom. The van der Waals surface area contributed by atoms with Gasteiger partial charge in [0.1, 0.15) is 0 Å². The lowest BCUT2D eigenvalue weighted by atomic mass is 10.1. The first-order valence-electron chi connectivity index (χ1n) is 9.73.